The molecule has 1 heterocycles. The lowest BCUT2D eigenvalue weighted by molar-refractivity contribution is -0.0724. The summed E-state index contributed by atoms with van der Waals surface area (Å²) in [7, 11) is 0. The number of nitrogens with one attached hydrogen (secondary N) is 1. The van der Waals surface area contributed by atoms with Gasteiger partial charge in [0.1, 0.15) is 0 Å². The van der Waals surface area contributed by atoms with Crippen molar-refractivity contribution in [3.63, 3.8) is 0 Å². The van der Waals surface area contributed by atoms with Gasteiger partial charge in [0.15, 0.2) is 0 Å². The fraction of sp³-hybridized carbons (Fsp3) is 1.00. The molecule has 1 aliphatic carbocycles. The zero-order chi connectivity index (χ0) is 13.7. The second kappa shape index (κ2) is 7.61. The molecule has 4 unspecified atom stereocenters. The highest BCUT2D eigenvalue weighted by Crippen LogP contribution is 2.26. The monoisotopic (exact) mass is 268 g/mol. The first-order valence-electron chi connectivity index (χ1n) is 8.33. The smallest absolute Gasteiger partial charge is 0.0674 e. The fourth-order valence-corrected chi connectivity index (χ4v) is 3.64. The average molecular weight is 268 g/mol. The fourth-order valence-electron chi connectivity index (χ4n) is 3.64. The Kier molecular flexibility index (Phi) is 6.11. The van der Waals surface area contributed by atoms with Crippen LogP contribution in [0, 0.1) is 0 Å². The summed E-state index contributed by atoms with van der Waals surface area (Å²) >= 11 is 0. The highest BCUT2D eigenvalue weighted by atomic mass is 16.5. The SMILES string of the molecule is CCCNC1CCCCCC1N1CC(C)OCC1C. The molecule has 2 rings (SSSR count). The Morgan fingerprint density at radius 3 is 2.74 bits per heavy atom. The van der Waals surface area contributed by atoms with Crippen LogP contribution in [-0.2, 0) is 4.74 Å². The van der Waals surface area contributed by atoms with Gasteiger partial charge >= 0.3 is 0 Å². The zero-order valence-electron chi connectivity index (χ0n) is 13.0. The van der Waals surface area contributed by atoms with Gasteiger partial charge in [-0.2, -0.15) is 0 Å². The molecule has 1 saturated heterocycles. The Morgan fingerprint density at radius 1 is 1.16 bits per heavy atom. The highest BCUT2D eigenvalue weighted by Gasteiger charge is 2.34. The first-order valence-corrected chi connectivity index (χ1v) is 8.33. The molecule has 19 heavy (non-hydrogen) atoms. The number of rotatable bonds is 4. The molecular formula is C16H32N2O. The summed E-state index contributed by atoms with van der Waals surface area (Å²) in [4.78, 5) is 2.73. The van der Waals surface area contributed by atoms with Gasteiger partial charge in [0.25, 0.3) is 0 Å². The van der Waals surface area contributed by atoms with Gasteiger partial charge in [-0.25, -0.2) is 0 Å². The van der Waals surface area contributed by atoms with Gasteiger partial charge in [0, 0.05) is 24.7 Å². The largest absolute Gasteiger partial charge is 0.376 e. The average Bonchev–Trinajstić information content (AvgIpc) is 2.64. The molecule has 0 aromatic carbocycles. The van der Waals surface area contributed by atoms with Gasteiger partial charge in [-0.15, -0.1) is 0 Å². The molecular weight excluding hydrogens is 236 g/mol. The number of hydrogen-bond donors (Lipinski definition) is 1. The molecule has 2 aliphatic rings. The first-order chi connectivity index (χ1) is 9.22. The van der Waals surface area contributed by atoms with E-state index in [1.54, 1.807) is 0 Å². The number of ether oxygens (including phenoxy) is 1. The van der Waals surface area contributed by atoms with E-state index < -0.39 is 0 Å². The number of hydrogen-bond acceptors (Lipinski definition) is 3. The normalized spacial score (nSPS) is 38.1. The van der Waals surface area contributed by atoms with Crippen molar-refractivity contribution >= 4 is 0 Å². The number of morpholine rings is 1. The van der Waals surface area contributed by atoms with Gasteiger partial charge in [-0.3, -0.25) is 4.90 Å². The maximum atomic E-state index is 5.80. The lowest BCUT2D eigenvalue weighted by Gasteiger charge is -2.44. The third-order valence-electron chi connectivity index (χ3n) is 4.72. The van der Waals surface area contributed by atoms with Crippen LogP contribution in [0.1, 0.15) is 59.3 Å². The molecule has 0 radical (unpaired) electrons. The van der Waals surface area contributed by atoms with Crippen molar-refractivity contribution in [2.45, 2.75) is 83.5 Å². The van der Waals surface area contributed by atoms with E-state index in [0.717, 1.165) is 25.7 Å². The second-order valence-electron chi connectivity index (χ2n) is 6.46. The molecule has 2 fully saturated rings. The van der Waals surface area contributed by atoms with Crippen LogP contribution in [0.3, 0.4) is 0 Å². The Hall–Kier alpha value is -0.120. The molecule has 3 heteroatoms. The van der Waals surface area contributed by atoms with Crippen LogP contribution in [0.25, 0.3) is 0 Å². The minimum atomic E-state index is 0.395. The maximum absolute atomic E-state index is 5.80. The van der Waals surface area contributed by atoms with Crippen LogP contribution >= 0.6 is 0 Å². The Bertz CT molecular complexity index is 259. The zero-order valence-corrected chi connectivity index (χ0v) is 13.0. The van der Waals surface area contributed by atoms with E-state index in [1.807, 2.05) is 0 Å². The summed E-state index contributed by atoms with van der Waals surface area (Å²) in [5.74, 6) is 0. The predicted octanol–water partition coefficient (Wildman–Crippen LogP) is 2.80. The standard InChI is InChI=1S/C16H32N2O/c1-4-10-17-15-8-6-5-7-9-16(15)18-11-14(3)19-12-13(18)2/h13-17H,4-12H2,1-3H3. The van der Waals surface area contributed by atoms with E-state index in [-0.39, 0.29) is 0 Å². The first kappa shape index (κ1) is 15.3. The van der Waals surface area contributed by atoms with Gasteiger partial charge in [-0.1, -0.05) is 26.2 Å². The molecule has 3 nitrogen and oxygen atoms in total. The molecule has 0 amide bonds. The summed E-state index contributed by atoms with van der Waals surface area (Å²) in [5.41, 5.74) is 0. The molecule has 112 valence electrons. The molecule has 0 bridgehead atoms. The van der Waals surface area contributed by atoms with Crippen LogP contribution in [0.15, 0.2) is 0 Å². The van der Waals surface area contributed by atoms with Gasteiger partial charge in [-0.05, 0) is 39.7 Å². The van der Waals surface area contributed by atoms with Crippen LogP contribution < -0.4 is 5.32 Å². The minimum Gasteiger partial charge on any atom is -0.376 e. The van der Waals surface area contributed by atoms with E-state index in [1.165, 1.54) is 38.5 Å². The van der Waals surface area contributed by atoms with Crippen molar-refractivity contribution in [1.29, 1.82) is 0 Å². The summed E-state index contributed by atoms with van der Waals surface area (Å²) < 4.78 is 5.80. The minimum absolute atomic E-state index is 0.395. The molecule has 0 aromatic rings. The van der Waals surface area contributed by atoms with Gasteiger partial charge in [0.05, 0.1) is 12.7 Å². The molecule has 0 spiro atoms. The molecule has 0 aromatic heterocycles. The van der Waals surface area contributed by atoms with Crippen molar-refractivity contribution in [3.8, 4) is 0 Å². The summed E-state index contributed by atoms with van der Waals surface area (Å²) in [6.07, 6.45) is 8.54. The van der Waals surface area contributed by atoms with Crippen molar-refractivity contribution in [1.82, 2.24) is 10.2 Å². The lowest BCUT2D eigenvalue weighted by Crippen LogP contribution is -2.58. The van der Waals surface area contributed by atoms with Gasteiger partial charge in [0.2, 0.25) is 0 Å². The predicted molar refractivity (Wildman–Crippen MR) is 80.5 cm³/mol. The van der Waals surface area contributed by atoms with Crippen LogP contribution in [-0.4, -0.2) is 48.8 Å². The van der Waals surface area contributed by atoms with E-state index in [2.05, 4.69) is 31.0 Å². The maximum Gasteiger partial charge on any atom is 0.0674 e. The third-order valence-corrected chi connectivity index (χ3v) is 4.72. The van der Waals surface area contributed by atoms with E-state index >= 15 is 0 Å². The summed E-state index contributed by atoms with van der Waals surface area (Å²) in [5, 5.41) is 3.81. The van der Waals surface area contributed by atoms with Crippen LogP contribution in [0.5, 0.6) is 0 Å². The second-order valence-corrected chi connectivity index (χ2v) is 6.46. The topological polar surface area (TPSA) is 24.5 Å². The highest BCUT2D eigenvalue weighted by molar-refractivity contribution is 4.91. The molecule has 1 N–H and O–H groups in total. The van der Waals surface area contributed by atoms with Crippen molar-refractivity contribution in [3.05, 3.63) is 0 Å². The number of nitrogens with zero attached hydrogens (tertiary/aromatic N) is 1. The Balaban J connectivity index is 2.02. The lowest BCUT2D eigenvalue weighted by atomic mass is 9.98. The molecule has 1 aliphatic heterocycles. The third kappa shape index (κ3) is 4.17. The van der Waals surface area contributed by atoms with E-state index in [0.29, 0.717) is 18.2 Å². The van der Waals surface area contributed by atoms with Gasteiger partial charge < -0.3 is 10.1 Å². The van der Waals surface area contributed by atoms with Crippen molar-refractivity contribution in [2.75, 3.05) is 19.7 Å². The van der Waals surface area contributed by atoms with Crippen LogP contribution in [0.4, 0.5) is 0 Å². The summed E-state index contributed by atoms with van der Waals surface area (Å²) in [6.45, 7) is 9.97. The molecule has 4 atom stereocenters. The quantitative estimate of drug-likeness (QED) is 0.794. The van der Waals surface area contributed by atoms with E-state index in [9.17, 15) is 0 Å². The van der Waals surface area contributed by atoms with E-state index in [4.69, 9.17) is 4.74 Å². The molecule has 1 saturated carbocycles. The summed E-state index contributed by atoms with van der Waals surface area (Å²) in [6, 6.07) is 1.98. The van der Waals surface area contributed by atoms with Crippen molar-refractivity contribution in [2.24, 2.45) is 0 Å². The Morgan fingerprint density at radius 2 is 1.95 bits per heavy atom. The Labute approximate surface area is 119 Å². The van der Waals surface area contributed by atoms with Crippen molar-refractivity contribution < 1.29 is 4.74 Å². The van der Waals surface area contributed by atoms with Crippen LogP contribution in [0.2, 0.25) is 0 Å².